The number of rotatable bonds is 4. The topological polar surface area (TPSA) is 61.4 Å². The smallest absolute Gasteiger partial charge is 0.0802 e. The third-order valence-corrected chi connectivity index (χ3v) is 3.67. The van der Waals surface area contributed by atoms with Crippen molar-refractivity contribution in [3.8, 4) is 0 Å². The highest BCUT2D eigenvalue weighted by atomic mass is 16.5. The van der Waals surface area contributed by atoms with Crippen LogP contribution in [0.3, 0.4) is 0 Å². The number of aromatic amines is 1. The highest BCUT2D eigenvalue weighted by molar-refractivity contribution is 5.78. The second kappa shape index (κ2) is 5.69. The molecule has 1 unspecified atom stereocenters. The van der Waals surface area contributed by atoms with E-state index in [2.05, 4.69) is 15.1 Å². The molecule has 1 aliphatic rings. The number of nitrogens with zero attached hydrogens (tertiary/aromatic N) is 2. The van der Waals surface area contributed by atoms with Crippen LogP contribution >= 0.6 is 0 Å². The van der Waals surface area contributed by atoms with Gasteiger partial charge in [-0.25, -0.2) is 0 Å². The molecule has 0 spiro atoms. The first kappa shape index (κ1) is 12.6. The zero-order valence-electron chi connectivity index (χ0n) is 10.9. The van der Waals surface area contributed by atoms with Crippen molar-refractivity contribution in [2.75, 3.05) is 32.8 Å². The summed E-state index contributed by atoms with van der Waals surface area (Å²) in [6.45, 7) is 4.45. The van der Waals surface area contributed by atoms with Crippen LogP contribution in [0.5, 0.6) is 0 Å². The number of benzene rings is 1. The molecule has 0 bridgehead atoms. The minimum absolute atomic E-state index is 0.415. The van der Waals surface area contributed by atoms with Gasteiger partial charge in [-0.1, -0.05) is 6.07 Å². The summed E-state index contributed by atoms with van der Waals surface area (Å²) in [6.07, 6.45) is 2.12. The Morgan fingerprint density at radius 2 is 2.21 bits per heavy atom. The lowest BCUT2D eigenvalue weighted by molar-refractivity contribution is 0.0300. The molecule has 0 aliphatic carbocycles. The van der Waals surface area contributed by atoms with Gasteiger partial charge >= 0.3 is 0 Å². The summed E-state index contributed by atoms with van der Waals surface area (Å²) < 4.78 is 5.32. The Labute approximate surface area is 112 Å². The van der Waals surface area contributed by atoms with Crippen LogP contribution in [0.15, 0.2) is 24.4 Å². The second-order valence-electron chi connectivity index (χ2n) is 4.98. The molecule has 0 saturated carbocycles. The number of ether oxygens (including phenoxy) is 1. The third kappa shape index (κ3) is 2.94. The minimum Gasteiger partial charge on any atom is -0.388 e. The fourth-order valence-corrected chi connectivity index (χ4v) is 2.46. The molecule has 0 radical (unpaired) electrons. The molecule has 1 aliphatic heterocycles. The van der Waals surface area contributed by atoms with Gasteiger partial charge in [-0.15, -0.1) is 0 Å². The van der Waals surface area contributed by atoms with Crippen LogP contribution in [0, 0.1) is 0 Å². The van der Waals surface area contributed by atoms with Crippen molar-refractivity contribution >= 4 is 10.9 Å². The standard InChI is InChI=1S/C14H19N3O2/c18-14(3-4-17-5-7-19-8-6-17)11-1-2-13-12(9-11)10-15-16-13/h1-2,9-10,14,18H,3-8H2,(H,15,16). The number of hydrogen-bond donors (Lipinski definition) is 2. The molecule has 2 aromatic rings. The SMILES string of the molecule is OC(CCN1CCOCC1)c1ccc2[nH]ncc2c1. The number of aliphatic hydroxyl groups is 1. The molecule has 2 heterocycles. The molecule has 102 valence electrons. The molecular weight excluding hydrogens is 242 g/mol. The molecule has 1 aromatic heterocycles. The van der Waals surface area contributed by atoms with Gasteiger partial charge in [-0.2, -0.15) is 5.10 Å². The molecule has 2 N–H and O–H groups in total. The maximum atomic E-state index is 10.3. The normalized spacial score (nSPS) is 18.8. The molecule has 1 saturated heterocycles. The Balaban J connectivity index is 1.60. The summed E-state index contributed by atoms with van der Waals surface area (Å²) in [5.41, 5.74) is 1.96. The van der Waals surface area contributed by atoms with Gasteiger partial charge in [-0.3, -0.25) is 10.00 Å². The van der Waals surface area contributed by atoms with E-state index in [9.17, 15) is 5.11 Å². The Hall–Kier alpha value is -1.43. The average Bonchev–Trinajstić information content (AvgIpc) is 2.93. The van der Waals surface area contributed by atoms with E-state index in [1.165, 1.54) is 0 Å². The van der Waals surface area contributed by atoms with Crippen molar-refractivity contribution in [3.63, 3.8) is 0 Å². The van der Waals surface area contributed by atoms with Gasteiger partial charge in [0.25, 0.3) is 0 Å². The number of aromatic nitrogens is 2. The average molecular weight is 261 g/mol. The van der Waals surface area contributed by atoms with Gasteiger partial charge in [0.15, 0.2) is 0 Å². The number of nitrogens with one attached hydrogen (secondary N) is 1. The zero-order valence-corrected chi connectivity index (χ0v) is 10.9. The van der Waals surface area contributed by atoms with Crippen LogP contribution in [0.4, 0.5) is 0 Å². The van der Waals surface area contributed by atoms with E-state index in [1.807, 2.05) is 18.2 Å². The van der Waals surface area contributed by atoms with Crippen molar-refractivity contribution in [1.29, 1.82) is 0 Å². The van der Waals surface area contributed by atoms with Gasteiger partial charge in [0, 0.05) is 25.0 Å². The summed E-state index contributed by atoms with van der Waals surface area (Å²) >= 11 is 0. The molecule has 5 heteroatoms. The number of hydrogen-bond acceptors (Lipinski definition) is 4. The first-order chi connectivity index (χ1) is 9.33. The van der Waals surface area contributed by atoms with Gasteiger partial charge in [0.2, 0.25) is 0 Å². The van der Waals surface area contributed by atoms with Crippen molar-refractivity contribution in [2.24, 2.45) is 0 Å². The molecule has 19 heavy (non-hydrogen) atoms. The lowest BCUT2D eigenvalue weighted by Gasteiger charge is -2.27. The summed E-state index contributed by atoms with van der Waals surface area (Å²) in [7, 11) is 0. The molecule has 1 aromatic carbocycles. The van der Waals surface area contributed by atoms with Gasteiger partial charge < -0.3 is 9.84 Å². The van der Waals surface area contributed by atoms with E-state index < -0.39 is 6.10 Å². The summed E-state index contributed by atoms with van der Waals surface area (Å²) in [5.74, 6) is 0. The Kier molecular flexibility index (Phi) is 3.77. The van der Waals surface area contributed by atoms with Crippen LogP contribution in [0.2, 0.25) is 0 Å². The second-order valence-corrected chi connectivity index (χ2v) is 4.98. The lowest BCUT2D eigenvalue weighted by atomic mass is 10.0. The Bertz CT molecular complexity index is 534. The van der Waals surface area contributed by atoms with Crippen molar-refractivity contribution < 1.29 is 9.84 Å². The number of morpholine rings is 1. The maximum absolute atomic E-state index is 10.3. The molecule has 0 amide bonds. The van der Waals surface area contributed by atoms with Crippen molar-refractivity contribution in [3.05, 3.63) is 30.0 Å². The highest BCUT2D eigenvalue weighted by Crippen LogP contribution is 2.21. The van der Waals surface area contributed by atoms with Gasteiger partial charge in [0.1, 0.15) is 0 Å². The Morgan fingerprint density at radius 3 is 3.05 bits per heavy atom. The molecule has 1 fully saturated rings. The largest absolute Gasteiger partial charge is 0.388 e. The molecule has 3 rings (SSSR count). The van der Waals surface area contributed by atoms with Crippen LogP contribution in [-0.4, -0.2) is 53.1 Å². The fourth-order valence-electron chi connectivity index (χ4n) is 2.46. The van der Waals surface area contributed by atoms with Crippen LogP contribution in [0.25, 0.3) is 10.9 Å². The number of fused-ring (bicyclic) bond motifs is 1. The van der Waals surface area contributed by atoms with Gasteiger partial charge in [-0.05, 0) is 24.1 Å². The van der Waals surface area contributed by atoms with E-state index >= 15 is 0 Å². The third-order valence-electron chi connectivity index (χ3n) is 3.67. The van der Waals surface area contributed by atoms with Crippen LogP contribution in [-0.2, 0) is 4.74 Å². The molecule has 5 nitrogen and oxygen atoms in total. The monoisotopic (exact) mass is 261 g/mol. The fraction of sp³-hybridized carbons (Fsp3) is 0.500. The maximum Gasteiger partial charge on any atom is 0.0802 e. The van der Waals surface area contributed by atoms with E-state index in [-0.39, 0.29) is 0 Å². The number of H-pyrrole nitrogens is 1. The van der Waals surface area contributed by atoms with Gasteiger partial charge in [0.05, 0.1) is 31.0 Å². The minimum atomic E-state index is -0.415. The van der Waals surface area contributed by atoms with E-state index in [4.69, 9.17) is 4.74 Å². The predicted octanol–water partition coefficient (Wildman–Crippen LogP) is 1.32. The zero-order chi connectivity index (χ0) is 13.1. The van der Waals surface area contributed by atoms with Crippen LogP contribution < -0.4 is 0 Å². The summed E-state index contributed by atoms with van der Waals surface area (Å²) in [6, 6.07) is 5.93. The molecule has 1 atom stereocenters. The molecular formula is C14H19N3O2. The van der Waals surface area contributed by atoms with E-state index in [1.54, 1.807) is 6.20 Å². The Morgan fingerprint density at radius 1 is 1.37 bits per heavy atom. The van der Waals surface area contributed by atoms with E-state index in [0.717, 1.165) is 55.7 Å². The lowest BCUT2D eigenvalue weighted by Crippen LogP contribution is -2.37. The quantitative estimate of drug-likeness (QED) is 0.871. The van der Waals surface area contributed by atoms with E-state index in [0.29, 0.717) is 0 Å². The summed E-state index contributed by atoms with van der Waals surface area (Å²) in [5, 5.41) is 18.2. The highest BCUT2D eigenvalue weighted by Gasteiger charge is 2.14. The van der Waals surface area contributed by atoms with Crippen molar-refractivity contribution in [1.82, 2.24) is 15.1 Å². The predicted molar refractivity (Wildman–Crippen MR) is 72.9 cm³/mol. The first-order valence-electron chi connectivity index (χ1n) is 6.74. The van der Waals surface area contributed by atoms with Crippen LogP contribution in [0.1, 0.15) is 18.1 Å². The number of aliphatic hydroxyl groups excluding tert-OH is 1. The van der Waals surface area contributed by atoms with Crippen molar-refractivity contribution in [2.45, 2.75) is 12.5 Å². The summed E-state index contributed by atoms with van der Waals surface area (Å²) in [4.78, 5) is 2.34. The first-order valence-corrected chi connectivity index (χ1v) is 6.74.